The lowest BCUT2D eigenvalue weighted by molar-refractivity contribution is -0.157. The van der Waals surface area contributed by atoms with E-state index in [9.17, 15) is 9.59 Å². The van der Waals surface area contributed by atoms with Crippen molar-refractivity contribution < 1.29 is 14.3 Å². The number of carbonyl (C=O) groups excluding carboxylic acids is 2. The Kier molecular flexibility index (Phi) is 6.00. The molecule has 0 unspecified atom stereocenters. The molecule has 0 fully saturated rings. The normalized spacial score (nSPS) is 11.4. The van der Waals surface area contributed by atoms with Gasteiger partial charge in [0.25, 0.3) is 0 Å². The first-order chi connectivity index (χ1) is 9.00. The second-order valence-electron chi connectivity index (χ2n) is 4.25. The molecule has 6 heteroatoms. The highest BCUT2D eigenvalue weighted by Gasteiger charge is 2.43. The molecule has 0 N–H and O–H groups in total. The summed E-state index contributed by atoms with van der Waals surface area (Å²) >= 11 is 2.90. The monoisotopic (exact) mass is 301 g/mol. The molecule has 4 nitrogen and oxygen atoms in total. The van der Waals surface area contributed by atoms with Gasteiger partial charge in [-0.3, -0.25) is 9.59 Å². The molecule has 106 valence electrons. The molecule has 1 aromatic heterocycles. The fourth-order valence-electron chi connectivity index (χ4n) is 1.91. The predicted octanol–water partition coefficient (Wildman–Crippen LogP) is 3.09. The van der Waals surface area contributed by atoms with Crippen LogP contribution in [0.25, 0.3) is 0 Å². The van der Waals surface area contributed by atoms with Gasteiger partial charge in [-0.05, 0) is 19.8 Å². The Morgan fingerprint density at radius 1 is 1.42 bits per heavy atom. The van der Waals surface area contributed by atoms with E-state index < -0.39 is 11.4 Å². The zero-order valence-corrected chi connectivity index (χ0v) is 13.3. The van der Waals surface area contributed by atoms with Crippen molar-refractivity contribution in [1.82, 2.24) is 4.98 Å². The van der Waals surface area contributed by atoms with E-state index in [2.05, 4.69) is 4.98 Å². The molecule has 0 aliphatic carbocycles. The molecule has 1 rings (SSSR count). The molecule has 1 aromatic rings. The number of hydrogen-bond donors (Lipinski definition) is 0. The fraction of sp³-hybridized carbons (Fsp3) is 0.615. The number of aromatic nitrogens is 1. The summed E-state index contributed by atoms with van der Waals surface area (Å²) in [6.45, 7) is 5.60. The Hall–Kier alpha value is -0.880. The van der Waals surface area contributed by atoms with Gasteiger partial charge in [0.05, 0.1) is 12.9 Å². The first kappa shape index (κ1) is 16.2. The molecular weight excluding hydrogens is 282 g/mol. The third-order valence-electron chi connectivity index (χ3n) is 3.24. The Morgan fingerprint density at radius 2 is 2.05 bits per heavy atom. The zero-order valence-electron chi connectivity index (χ0n) is 11.7. The van der Waals surface area contributed by atoms with Crippen LogP contribution in [0.15, 0.2) is 9.72 Å². The van der Waals surface area contributed by atoms with Crippen LogP contribution >= 0.6 is 23.1 Å². The number of rotatable bonds is 7. The standard InChI is InChI=1S/C13H19NO3S2/c1-5-13(6-2,11(16)17-4)10(15)8-19-12-14-9(3)7-18-12/h7H,5-6,8H2,1-4H3. The third-order valence-corrected chi connectivity index (χ3v) is 5.38. The van der Waals surface area contributed by atoms with Crippen LogP contribution in [0, 0.1) is 12.3 Å². The maximum atomic E-state index is 12.4. The predicted molar refractivity (Wildman–Crippen MR) is 77.6 cm³/mol. The number of esters is 1. The highest BCUT2D eigenvalue weighted by molar-refractivity contribution is 8.01. The number of thioether (sulfide) groups is 1. The van der Waals surface area contributed by atoms with Crippen LogP contribution in [0.2, 0.25) is 0 Å². The molecule has 1 heterocycles. The highest BCUT2D eigenvalue weighted by Crippen LogP contribution is 2.32. The minimum Gasteiger partial charge on any atom is -0.468 e. The van der Waals surface area contributed by atoms with E-state index in [1.54, 1.807) is 0 Å². The third kappa shape index (κ3) is 3.57. The van der Waals surface area contributed by atoms with Crippen molar-refractivity contribution in [3.8, 4) is 0 Å². The molecule has 0 saturated heterocycles. The summed E-state index contributed by atoms with van der Waals surface area (Å²) in [5, 5.41) is 1.94. The summed E-state index contributed by atoms with van der Waals surface area (Å²) in [5.41, 5.74) is -0.0567. The van der Waals surface area contributed by atoms with Crippen molar-refractivity contribution in [1.29, 1.82) is 0 Å². The average molecular weight is 301 g/mol. The van der Waals surface area contributed by atoms with Crippen molar-refractivity contribution in [2.24, 2.45) is 5.41 Å². The van der Waals surface area contributed by atoms with Gasteiger partial charge in [0.1, 0.15) is 5.41 Å². The number of hydrogen-bond acceptors (Lipinski definition) is 6. The number of carbonyl (C=O) groups is 2. The summed E-state index contributed by atoms with van der Waals surface area (Å²) < 4.78 is 5.65. The van der Waals surface area contributed by atoms with Gasteiger partial charge < -0.3 is 4.74 Å². The zero-order chi connectivity index (χ0) is 14.5. The van der Waals surface area contributed by atoms with Crippen LogP contribution in [-0.2, 0) is 14.3 Å². The summed E-state index contributed by atoms with van der Waals surface area (Å²) in [6.07, 6.45) is 0.929. The lowest BCUT2D eigenvalue weighted by Gasteiger charge is -2.26. The van der Waals surface area contributed by atoms with Crippen LogP contribution in [0.3, 0.4) is 0 Å². The molecule has 0 amide bonds. The summed E-state index contributed by atoms with van der Waals surface area (Å²) in [7, 11) is 1.33. The van der Waals surface area contributed by atoms with Crippen LogP contribution in [0.1, 0.15) is 32.4 Å². The van der Waals surface area contributed by atoms with Gasteiger partial charge in [-0.15, -0.1) is 11.3 Å². The number of aryl methyl sites for hydroxylation is 1. The van der Waals surface area contributed by atoms with Crippen LogP contribution in [0.5, 0.6) is 0 Å². The average Bonchev–Trinajstić information content (AvgIpc) is 2.83. The second-order valence-corrected chi connectivity index (χ2v) is 6.33. The molecule has 0 atom stereocenters. The van der Waals surface area contributed by atoms with E-state index >= 15 is 0 Å². The lowest BCUT2D eigenvalue weighted by Crippen LogP contribution is -2.40. The number of ether oxygens (including phenoxy) is 1. The molecule has 0 aromatic carbocycles. The van der Waals surface area contributed by atoms with E-state index in [0.29, 0.717) is 12.8 Å². The van der Waals surface area contributed by atoms with Gasteiger partial charge in [0.2, 0.25) is 0 Å². The molecule has 0 radical (unpaired) electrons. The van der Waals surface area contributed by atoms with Gasteiger partial charge in [-0.25, -0.2) is 4.98 Å². The van der Waals surface area contributed by atoms with E-state index in [4.69, 9.17) is 4.74 Å². The summed E-state index contributed by atoms with van der Waals surface area (Å²) in [4.78, 5) is 28.5. The quantitative estimate of drug-likeness (QED) is 0.440. The Labute approximate surface area is 122 Å². The first-order valence-corrected chi connectivity index (χ1v) is 8.03. The SMILES string of the molecule is CCC(CC)(C(=O)CSc1nc(C)cs1)C(=O)OC. The Balaban J connectivity index is 2.75. The minimum atomic E-state index is -1.01. The van der Waals surface area contributed by atoms with Crippen molar-refractivity contribution in [2.75, 3.05) is 12.9 Å². The molecule has 19 heavy (non-hydrogen) atoms. The topological polar surface area (TPSA) is 56.3 Å². The fourth-order valence-corrected chi connectivity index (χ4v) is 3.76. The Morgan fingerprint density at radius 3 is 2.47 bits per heavy atom. The maximum Gasteiger partial charge on any atom is 0.319 e. The molecule has 0 saturated carbocycles. The van der Waals surface area contributed by atoms with Crippen molar-refractivity contribution in [2.45, 2.75) is 38.0 Å². The number of nitrogens with zero attached hydrogens (tertiary/aromatic N) is 1. The van der Waals surface area contributed by atoms with Gasteiger partial charge >= 0.3 is 5.97 Å². The number of thiazole rings is 1. The van der Waals surface area contributed by atoms with Gasteiger partial charge in [0, 0.05) is 11.1 Å². The van der Waals surface area contributed by atoms with E-state index in [1.165, 1.54) is 30.2 Å². The molecule has 0 spiro atoms. The maximum absolute atomic E-state index is 12.4. The number of methoxy groups -OCH3 is 1. The van der Waals surface area contributed by atoms with Gasteiger partial charge in [0.15, 0.2) is 10.1 Å². The number of Topliss-reactive ketones (excluding diaryl/α,β-unsaturated/α-hetero) is 1. The smallest absolute Gasteiger partial charge is 0.319 e. The summed E-state index contributed by atoms with van der Waals surface area (Å²) in [6, 6.07) is 0. The highest BCUT2D eigenvalue weighted by atomic mass is 32.2. The van der Waals surface area contributed by atoms with Crippen LogP contribution in [0.4, 0.5) is 0 Å². The first-order valence-electron chi connectivity index (χ1n) is 6.16. The van der Waals surface area contributed by atoms with Gasteiger partial charge in [-0.2, -0.15) is 0 Å². The van der Waals surface area contributed by atoms with Gasteiger partial charge in [-0.1, -0.05) is 25.6 Å². The summed E-state index contributed by atoms with van der Waals surface area (Å²) in [5.74, 6) is -0.260. The van der Waals surface area contributed by atoms with E-state index in [0.717, 1.165) is 10.0 Å². The second kappa shape index (κ2) is 7.05. The van der Waals surface area contributed by atoms with Crippen LogP contribution in [-0.4, -0.2) is 29.6 Å². The molecule has 0 aliphatic heterocycles. The molecule has 0 bridgehead atoms. The van der Waals surface area contributed by atoms with Crippen molar-refractivity contribution in [3.63, 3.8) is 0 Å². The largest absolute Gasteiger partial charge is 0.468 e. The number of ketones is 1. The lowest BCUT2D eigenvalue weighted by atomic mass is 9.79. The van der Waals surface area contributed by atoms with E-state index in [1.807, 2.05) is 26.2 Å². The Bertz CT molecular complexity index is 452. The molecular formula is C13H19NO3S2. The van der Waals surface area contributed by atoms with Crippen molar-refractivity contribution in [3.05, 3.63) is 11.1 Å². The molecule has 0 aliphatic rings. The van der Waals surface area contributed by atoms with E-state index in [-0.39, 0.29) is 11.5 Å². The minimum absolute atomic E-state index is 0.0813. The van der Waals surface area contributed by atoms with Crippen LogP contribution < -0.4 is 0 Å². The van der Waals surface area contributed by atoms with Crippen molar-refractivity contribution >= 4 is 34.9 Å².